The Labute approximate surface area is 110 Å². The third-order valence-electron chi connectivity index (χ3n) is 5.53. The van der Waals surface area contributed by atoms with Crippen LogP contribution in [0.5, 0.6) is 0 Å². The minimum atomic E-state index is 0.267. The minimum absolute atomic E-state index is 0.267. The molecule has 3 heteroatoms. The van der Waals surface area contributed by atoms with Gasteiger partial charge in [-0.05, 0) is 38.0 Å². The van der Waals surface area contributed by atoms with Crippen molar-refractivity contribution in [2.75, 3.05) is 7.05 Å². The van der Waals surface area contributed by atoms with Gasteiger partial charge in [0.2, 0.25) is 5.91 Å². The largest absolute Gasteiger partial charge is 0.342 e. The second-order valence-electron chi connectivity index (χ2n) is 6.67. The second-order valence-corrected chi connectivity index (χ2v) is 6.67. The third kappa shape index (κ3) is 2.07. The first-order valence-corrected chi connectivity index (χ1v) is 7.69. The van der Waals surface area contributed by atoms with Gasteiger partial charge in [0.1, 0.15) is 0 Å². The number of fused-ring (bicyclic) bond motifs is 2. The molecule has 18 heavy (non-hydrogen) atoms. The number of nitrogens with one attached hydrogen (secondary N) is 1. The molecule has 3 aliphatic rings. The van der Waals surface area contributed by atoms with Gasteiger partial charge in [0, 0.05) is 25.2 Å². The highest BCUT2D eigenvalue weighted by Crippen LogP contribution is 2.36. The Bertz CT molecular complexity index is 330. The first-order chi connectivity index (χ1) is 8.66. The van der Waals surface area contributed by atoms with Crippen molar-refractivity contribution in [1.82, 2.24) is 10.2 Å². The average Bonchev–Trinajstić information content (AvgIpc) is 3.00. The summed E-state index contributed by atoms with van der Waals surface area (Å²) in [7, 11) is 2.04. The van der Waals surface area contributed by atoms with Gasteiger partial charge in [0.25, 0.3) is 0 Å². The molecule has 0 radical (unpaired) electrons. The van der Waals surface area contributed by atoms with E-state index in [1.165, 1.54) is 38.5 Å². The maximum Gasteiger partial charge on any atom is 0.227 e. The molecule has 102 valence electrons. The van der Waals surface area contributed by atoms with Gasteiger partial charge in [0.05, 0.1) is 5.92 Å². The lowest BCUT2D eigenvalue weighted by atomic mass is 9.83. The summed E-state index contributed by atoms with van der Waals surface area (Å²) in [5, 5.41) is 3.58. The molecule has 1 N–H and O–H groups in total. The van der Waals surface area contributed by atoms with Crippen molar-refractivity contribution in [2.45, 2.75) is 70.0 Å². The third-order valence-corrected chi connectivity index (χ3v) is 5.53. The standard InChI is InChI=1S/C15H26N2O/c1-10-5-3-4-6-14(10)17(2)15(18)12-9-11-7-8-13(12)16-11/h10-14,16H,3-9H2,1-2H3. The summed E-state index contributed by atoms with van der Waals surface area (Å²) < 4.78 is 0. The first kappa shape index (κ1) is 12.5. The van der Waals surface area contributed by atoms with Crippen LogP contribution in [0.15, 0.2) is 0 Å². The topological polar surface area (TPSA) is 32.3 Å². The summed E-state index contributed by atoms with van der Waals surface area (Å²) in [6.45, 7) is 2.31. The Kier molecular flexibility index (Phi) is 3.35. The van der Waals surface area contributed by atoms with Crippen molar-refractivity contribution < 1.29 is 4.79 Å². The van der Waals surface area contributed by atoms with Crippen LogP contribution in [0.1, 0.15) is 51.9 Å². The molecule has 2 saturated heterocycles. The van der Waals surface area contributed by atoms with Gasteiger partial charge in [-0.15, -0.1) is 0 Å². The fourth-order valence-corrected chi connectivity index (χ4v) is 4.39. The van der Waals surface area contributed by atoms with Crippen LogP contribution in [0.3, 0.4) is 0 Å². The summed E-state index contributed by atoms with van der Waals surface area (Å²) in [4.78, 5) is 14.8. The molecule has 0 aromatic heterocycles. The quantitative estimate of drug-likeness (QED) is 0.814. The van der Waals surface area contributed by atoms with Crippen LogP contribution in [0, 0.1) is 11.8 Å². The van der Waals surface area contributed by atoms with E-state index in [0.29, 0.717) is 30.0 Å². The molecular formula is C15H26N2O. The highest BCUT2D eigenvalue weighted by Gasteiger charge is 2.44. The van der Waals surface area contributed by atoms with Gasteiger partial charge in [-0.25, -0.2) is 0 Å². The maximum atomic E-state index is 12.7. The summed E-state index contributed by atoms with van der Waals surface area (Å²) in [6, 6.07) is 1.59. The van der Waals surface area contributed by atoms with Gasteiger partial charge in [-0.3, -0.25) is 4.79 Å². The zero-order chi connectivity index (χ0) is 12.7. The molecule has 1 aliphatic carbocycles. The molecule has 5 atom stereocenters. The Morgan fingerprint density at radius 3 is 2.56 bits per heavy atom. The number of hydrogen-bond donors (Lipinski definition) is 1. The molecular weight excluding hydrogens is 224 g/mol. The van der Waals surface area contributed by atoms with E-state index < -0.39 is 0 Å². The molecule has 1 amide bonds. The smallest absolute Gasteiger partial charge is 0.227 e. The second kappa shape index (κ2) is 4.84. The molecule has 3 nitrogen and oxygen atoms in total. The van der Waals surface area contributed by atoms with Crippen LogP contribution < -0.4 is 5.32 Å². The molecule has 0 aromatic rings. The van der Waals surface area contributed by atoms with E-state index in [-0.39, 0.29) is 5.92 Å². The molecule has 2 heterocycles. The Morgan fingerprint density at radius 1 is 1.17 bits per heavy atom. The molecule has 0 spiro atoms. The SMILES string of the molecule is CC1CCCCC1N(C)C(=O)C1CC2CCC1N2. The van der Waals surface area contributed by atoms with E-state index in [2.05, 4.69) is 17.1 Å². The van der Waals surface area contributed by atoms with E-state index in [0.717, 1.165) is 6.42 Å². The van der Waals surface area contributed by atoms with Crippen LogP contribution in [-0.2, 0) is 4.79 Å². The van der Waals surface area contributed by atoms with Crippen molar-refractivity contribution >= 4 is 5.91 Å². The summed E-state index contributed by atoms with van der Waals surface area (Å²) >= 11 is 0. The summed E-state index contributed by atoms with van der Waals surface area (Å²) in [6.07, 6.45) is 8.69. The summed E-state index contributed by atoms with van der Waals surface area (Å²) in [5.41, 5.74) is 0. The van der Waals surface area contributed by atoms with Gasteiger partial charge >= 0.3 is 0 Å². The molecule has 2 aliphatic heterocycles. The van der Waals surface area contributed by atoms with Crippen molar-refractivity contribution in [3.05, 3.63) is 0 Å². The van der Waals surface area contributed by atoms with Crippen LogP contribution in [-0.4, -0.2) is 36.0 Å². The normalized spacial score (nSPS) is 43.1. The summed E-state index contributed by atoms with van der Waals surface area (Å²) in [5.74, 6) is 1.36. The number of carbonyl (C=O) groups is 1. The van der Waals surface area contributed by atoms with E-state index in [1.54, 1.807) is 0 Å². The molecule has 3 fully saturated rings. The number of hydrogen-bond acceptors (Lipinski definition) is 2. The van der Waals surface area contributed by atoms with E-state index in [4.69, 9.17) is 0 Å². The van der Waals surface area contributed by atoms with Crippen molar-refractivity contribution in [2.24, 2.45) is 11.8 Å². The number of rotatable bonds is 2. The van der Waals surface area contributed by atoms with Gasteiger partial charge in [-0.1, -0.05) is 19.8 Å². The van der Waals surface area contributed by atoms with Crippen LogP contribution in [0.25, 0.3) is 0 Å². The fraction of sp³-hybridized carbons (Fsp3) is 0.933. The molecule has 2 bridgehead atoms. The molecule has 1 saturated carbocycles. The number of carbonyl (C=O) groups excluding carboxylic acids is 1. The monoisotopic (exact) mass is 250 g/mol. The van der Waals surface area contributed by atoms with Gasteiger partial charge in [0.15, 0.2) is 0 Å². The lowest BCUT2D eigenvalue weighted by Crippen LogP contribution is -2.47. The van der Waals surface area contributed by atoms with Gasteiger partial charge < -0.3 is 10.2 Å². The number of nitrogens with zero attached hydrogens (tertiary/aromatic N) is 1. The predicted octanol–water partition coefficient (Wildman–Crippen LogP) is 2.16. The molecule has 5 unspecified atom stereocenters. The fourth-order valence-electron chi connectivity index (χ4n) is 4.39. The first-order valence-electron chi connectivity index (χ1n) is 7.69. The lowest BCUT2D eigenvalue weighted by molar-refractivity contribution is -0.138. The Hall–Kier alpha value is -0.570. The Balaban J connectivity index is 1.64. The molecule has 3 rings (SSSR count). The van der Waals surface area contributed by atoms with Gasteiger partial charge in [-0.2, -0.15) is 0 Å². The highest BCUT2D eigenvalue weighted by atomic mass is 16.2. The predicted molar refractivity (Wildman–Crippen MR) is 72.2 cm³/mol. The lowest BCUT2D eigenvalue weighted by Gasteiger charge is -2.38. The van der Waals surface area contributed by atoms with E-state index in [1.807, 2.05) is 7.05 Å². The van der Waals surface area contributed by atoms with Crippen LogP contribution >= 0.6 is 0 Å². The average molecular weight is 250 g/mol. The Morgan fingerprint density at radius 2 is 1.94 bits per heavy atom. The minimum Gasteiger partial charge on any atom is -0.342 e. The van der Waals surface area contributed by atoms with Crippen molar-refractivity contribution in [1.29, 1.82) is 0 Å². The zero-order valence-electron chi connectivity index (χ0n) is 11.7. The maximum absolute atomic E-state index is 12.7. The van der Waals surface area contributed by atoms with E-state index in [9.17, 15) is 4.79 Å². The van der Waals surface area contributed by atoms with Crippen LogP contribution in [0.4, 0.5) is 0 Å². The molecule has 0 aromatic carbocycles. The van der Waals surface area contributed by atoms with E-state index >= 15 is 0 Å². The van der Waals surface area contributed by atoms with Crippen molar-refractivity contribution in [3.63, 3.8) is 0 Å². The van der Waals surface area contributed by atoms with Crippen molar-refractivity contribution in [3.8, 4) is 0 Å². The number of amides is 1. The zero-order valence-corrected chi connectivity index (χ0v) is 11.7. The van der Waals surface area contributed by atoms with Crippen LogP contribution in [0.2, 0.25) is 0 Å². The highest BCUT2D eigenvalue weighted by molar-refractivity contribution is 5.80.